The van der Waals surface area contributed by atoms with E-state index in [-0.39, 0.29) is 11.8 Å². The number of carbonyl (C=O) groups is 2. The van der Waals surface area contributed by atoms with E-state index in [0.29, 0.717) is 0 Å². The number of Topliss-reactive ketones (excluding diaryl/α,β-unsaturated/α-hetero) is 1. The third kappa shape index (κ3) is 3.68. The minimum atomic E-state index is -4.55. The Morgan fingerprint density at radius 2 is 1.83 bits per heavy atom. The Morgan fingerprint density at radius 3 is 2.28 bits per heavy atom. The highest BCUT2D eigenvalue weighted by Gasteiger charge is 2.44. The van der Waals surface area contributed by atoms with Gasteiger partial charge >= 0.3 is 6.18 Å². The first kappa shape index (κ1) is 14.4. The van der Waals surface area contributed by atoms with Crippen molar-refractivity contribution in [2.45, 2.75) is 19.5 Å². The number of rotatable bonds is 5. The zero-order chi connectivity index (χ0) is 13.8. The molecule has 2 nitrogen and oxygen atoms in total. The van der Waals surface area contributed by atoms with Gasteiger partial charge in [-0.2, -0.15) is 13.2 Å². The second kappa shape index (κ2) is 5.80. The van der Waals surface area contributed by atoms with Crippen molar-refractivity contribution in [2.24, 2.45) is 11.8 Å². The number of ketones is 1. The van der Waals surface area contributed by atoms with Crippen molar-refractivity contribution in [1.29, 1.82) is 0 Å². The topological polar surface area (TPSA) is 34.1 Å². The molecule has 0 N–H and O–H groups in total. The number of benzene rings is 1. The van der Waals surface area contributed by atoms with Gasteiger partial charge in [0.2, 0.25) is 0 Å². The van der Waals surface area contributed by atoms with Gasteiger partial charge in [0, 0.05) is 17.9 Å². The Labute approximate surface area is 103 Å². The van der Waals surface area contributed by atoms with Crippen LogP contribution < -0.4 is 0 Å². The fourth-order valence-electron chi connectivity index (χ4n) is 1.64. The number of hydrogen-bond donors (Lipinski definition) is 0. The van der Waals surface area contributed by atoms with Crippen LogP contribution in [0, 0.1) is 11.8 Å². The van der Waals surface area contributed by atoms with Crippen LogP contribution in [0.2, 0.25) is 0 Å². The van der Waals surface area contributed by atoms with E-state index in [2.05, 4.69) is 0 Å². The lowest BCUT2D eigenvalue weighted by Crippen LogP contribution is -2.32. The molecule has 0 amide bonds. The zero-order valence-corrected chi connectivity index (χ0v) is 9.78. The first-order valence-electron chi connectivity index (χ1n) is 5.46. The Balaban J connectivity index is 2.85. The van der Waals surface area contributed by atoms with E-state index in [9.17, 15) is 22.8 Å². The van der Waals surface area contributed by atoms with Gasteiger partial charge in [-0.1, -0.05) is 37.3 Å². The summed E-state index contributed by atoms with van der Waals surface area (Å²) in [5, 5.41) is 0. The summed E-state index contributed by atoms with van der Waals surface area (Å²) in [6.07, 6.45) is -5.02. The molecule has 1 rings (SSSR count). The molecule has 98 valence electrons. The van der Waals surface area contributed by atoms with Crippen LogP contribution in [0.4, 0.5) is 13.2 Å². The summed E-state index contributed by atoms with van der Waals surface area (Å²) < 4.78 is 38.2. The molecule has 0 aliphatic carbocycles. The lowest BCUT2D eigenvalue weighted by atomic mass is 9.88. The first-order chi connectivity index (χ1) is 8.36. The standard InChI is InChI=1S/C13H13F3O2/c1-9(8-17)11(13(14,15)16)7-12(18)10-5-3-2-4-6-10/h2-6,8-9,11H,7H2,1H3/t9-,11-/m0/s1. The normalized spacial score (nSPS) is 14.9. The molecular formula is C13H13F3O2. The summed E-state index contributed by atoms with van der Waals surface area (Å²) in [6, 6.07) is 7.76. The molecule has 0 aliphatic heterocycles. The smallest absolute Gasteiger partial charge is 0.303 e. The summed E-state index contributed by atoms with van der Waals surface area (Å²) in [5.74, 6) is -3.76. The Hall–Kier alpha value is -1.65. The Kier molecular flexibility index (Phi) is 4.64. The molecule has 0 radical (unpaired) electrons. The second-order valence-electron chi connectivity index (χ2n) is 4.14. The average molecular weight is 258 g/mol. The summed E-state index contributed by atoms with van der Waals surface area (Å²) >= 11 is 0. The highest BCUT2D eigenvalue weighted by Crippen LogP contribution is 2.34. The molecule has 1 aromatic rings. The maximum absolute atomic E-state index is 12.7. The average Bonchev–Trinajstić information content (AvgIpc) is 2.34. The van der Waals surface area contributed by atoms with Crippen LogP contribution in [0.3, 0.4) is 0 Å². The van der Waals surface area contributed by atoms with Crippen LogP contribution in [0.5, 0.6) is 0 Å². The van der Waals surface area contributed by atoms with E-state index in [1.54, 1.807) is 18.2 Å². The third-order valence-electron chi connectivity index (χ3n) is 2.77. The van der Waals surface area contributed by atoms with Crippen LogP contribution >= 0.6 is 0 Å². The van der Waals surface area contributed by atoms with Gasteiger partial charge in [0.1, 0.15) is 6.29 Å². The first-order valence-corrected chi connectivity index (χ1v) is 5.46. The van der Waals surface area contributed by atoms with Crippen molar-refractivity contribution in [3.05, 3.63) is 35.9 Å². The summed E-state index contributed by atoms with van der Waals surface area (Å²) in [7, 11) is 0. The van der Waals surface area contributed by atoms with Crippen molar-refractivity contribution in [3.63, 3.8) is 0 Å². The molecule has 0 aromatic heterocycles. The predicted octanol–water partition coefficient (Wildman–Crippen LogP) is 3.27. The molecule has 5 heteroatoms. The van der Waals surface area contributed by atoms with Crippen LogP contribution in [0.1, 0.15) is 23.7 Å². The van der Waals surface area contributed by atoms with Crippen LogP contribution in [-0.4, -0.2) is 18.2 Å². The van der Waals surface area contributed by atoms with Crippen LogP contribution in [0.25, 0.3) is 0 Å². The number of hydrogen-bond acceptors (Lipinski definition) is 2. The van der Waals surface area contributed by atoms with Gasteiger partial charge in [-0.3, -0.25) is 4.79 Å². The highest BCUT2D eigenvalue weighted by atomic mass is 19.4. The minimum absolute atomic E-state index is 0.227. The highest BCUT2D eigenvalue weighted by molar-refractivity contribution is 5.96. The van der Waals surface area contributed by atoms with E-state index in [0.717, 1.165) is 0 Å². The largest absolute Gasteiger partial charge is 0.392 e. The van der Waals surface area contributed by atoms with E-state index >= 15 is 0 Å². The molecule has 1 aromatic carbocycles. The second-order valence-corrected chi connectivity index (χ2v) is 4.14. The maximum atomic E-state index is 12.7. The summed E-state index contributed by atoms with van der Waals surface area (Å²) in [6.45, 7) is 1.17. The molecule has 0 unspecified atom stereocenters. The van der Waals surface area contributed by atoms with Gasteiger partial charge in [-0.25, -0.2) is 0 Å². The van der Waals surface area contributed by atoms with E-state index in [4.69, 9.17) is 0 Å². The molecule has 0 fully saturated rings. The fourth-order valence-corrected chi connectivity index (χ4v) is 1.64. The number of halogens is 3. The third-order valence-corrected chi connectivity index (χ3v) is 2.77. The monoisotopic (exact) mass is 258 g/mol. The zero-order valence-electron chi connectivity index (χ0n) is 9.78. The van der Waals surface area contributed by atoms with E-state index in [1.165, 1.54) is 19.1 Å². The van der Waals surface area contributed by atoms with Gasteiger partial charge in [-0.05, 0) is 0 Å². The van der Waals surface area contributed by atoms with E-state index < -0.39 is 30.2 Å². The predicted molar refractivity (Wildman–Crippen MR) is 60.2 cm³/mol. The fraction of sp³-hybridized carbons (Fsp3) is 0.385. The van der Waals surface area contributed by atoms with Gasteiger partial charge in [-0.15, -0.1) is 0 Å². The molecule has 0 saturated heterocycles. The quantitative estimate of drug-likeness (QED) is 0.600. The minimum Gasteiger partial charge on any atom is -0.303 e. The molecule has 0 heterocycles. The van der Waals surface area contributed by atoms with Crippen LogP contribution in [0.15, 0.2) is 30.3 Å². The van der Waals surface area contributed by atoms with Gasteiger partial charge in [0.15, 0.2) is 5.78 Å². The van der Waals surface area contributed by atoms with Crippen molar-refractivity contribution >= 4 is 12.1 Å². The van der Waals surface area contributed by atoms with Crippen molar-refractivity contribution in [2.75, 3.05) is 0 Å². The molecule has 2 atom stereocenters. The van der Waals surface area contributed by atoms with E-state index in [1.807, 2.05) is 0 Å². The molecule has 0 aliphatic rings. The SMILES string of the molecule is C[C@@H](C=O)[C@H](CC(=O)c1ccccc1)C(F)(F)F. The number of aldehydes is 1. The lowest BCUT2D eigenvalue weighted by molar-refractivity contribution is -0.185. The lowest BCUT2D eigenvalue weighted by Gasteiger charge is -2.22. The van der Waals surface area contributed by atoms with Gasteiger partial charge in [0.05, 0.1) is 5.92 Å². The van der Waals surface area contributed by atoms with Gasteiger partial charge < -0.3 is 4.79 Å². The number of alkyl halides is 3. The number of carbonyl (C=O) groups excluding carboxylic acids is 2. The molecule has 18 heavy (non-hydrogen) atoms. The van der Waals surface area contributed by atoms with Crippen molar-refractivity contribution in [1.82, 2.24) is 0 Å². The molecule has 0 bridgehead atoms. The molecular weight excluding hydrogens is 245 g/mol. The molecule has 0 spiro atoms. The molecule has 0 saturated carbocycles. The van der Waals surface area contributed by atoms with Crippen molar-refractivity contribution < 1.29 is 22.8 Å². The summed E-state index contributed by atoms with van der Waals surface area (Å²) in [5.41, 5.74) is 0.227. The van der Waals surface area contributed by atoms with Crippen LogP contribution in [-0.2, 0) is 4.79 Å². The maximum Gasteiger partial charge on any atom is 0.392 e. The van der Waals surface area contributed by atoms with Gasteiger partial charge in [0.25, 0.3) is 0 Å². The summed E-state index contributed by atoms with van der Waals surface area (Å²) in [4.78, 5) is 22.2. The Morgan fingerprint density at radius 1 is 1.28 bits per heavy atom. The van der Waals surface area contributed by atoms with Crippen molar-refractivity contribution in [3.8, 4) is 0 Å². The Bertz CT molecular complexity index is 412.